The molecule has 9 aliphatic rings. The lowest BCUT2D eigenvalue weighted by atomic mass is 9.32. The van der Waals surface area contributed by atoms with Gasteiger partial charge in [0.15, 0.2) is 5.78 Å². The number of hydrogen-bond acceptors (Lipinski definition) is 5. The molecule has 0 radical (unpaired) electrons. The van der Waals surface area contributed by atoms with Crippen LogP contribution in [0.3, 0.4) is 0 Å². The van der Waals surface area contributed by atoms with Gasteiger partial charge in [-0.1, -0.05) is 101 Å². The van der Waals surface area contributed by atoms with E-state index in [0.717, 1.165) is 66.9 Å². The molecule has 2 spiro atoms. The van der Waals surface area contributed by atoms with Crippen molar-refractivity contribution in [2.75, 3.05) is 25.5 Å². The third kappa shape index (κ3) is 5.66. The van der Waals surface area contributed by atoms with Gasteiger partial charge in [-0.15, -0.1) is 0 Å². The zero-order valence-corrected chi connectivity index (χ0v) is 36.3. The van der Waals surface area contributed by atoms with E-state index >= 15 is 4.79 Å². The Kier molecular flexibility index (Phi) is 9.25. The number of anilines is 1. The third-order valence-corrected chi connectivity index (χ3v) is 18.7. The van der Waals surface area contributed by atoms with Gasteiger partial charge in [0.05, 0.1) is 25.4 Å². The smallest absolute Gasteiger partial charge is 0.321 e. The molecule has 6 fully saturated rings. The molecular formula is C53H64N2O5. The Labute approximate surface area is 356 Å². The van der Waals surface area contributed by atoms with Crippen LogP contribution in [0.1, 0.15) is 102 Å². The van der Waals surface area contributed by atoms with Crippen LogP contribution in [0.25, 0.3) is 11.1 Å². The number of hydrogen-bond donors (Lipinski definition) is 3. The predicted octanol–water partition coefficient (Wildman–Crippen LogP) is 10.7. The Morgan fingerprint density at radius 1 is 0.800 bits per heavy atom. The van der Waals surface area contributed by atoms with Gasteiger partial charge in [0, 0.05) is 39.6 Å². The number of carbonyl (C=O) groups is 2. The number of Topliss-reactive ketones (excluding diaryl/α,β-unsaturated/α-hetero) is 1. The van der Waals surface area contributed by atoms with E-state index in [9.17, 15) is 15.0 Å². The summed E-state index contributed by atoms with van der Waals surface area (Å²) in [5.74, 6) is 2.68. The average Bonchev–Trinajstić information content (AvgIpc) is 3.53. The van der Waals surface area contributed by atoms with E-state index in [1.165, 1.54) is 12.8 Å². The van der Waals surface area contributed by atoms with Crippen molar-refractivity contribution < 1.29 is 24.5 Å². The van der Waals surface area contributed by atoms with Gasteiger partial charge in [0.2, 0.25) is 0 Å². The largest absolute Gasteiger partial charge is 0.497 e. The van der Waals surface area contributed by atoms with Crippen LogP contribution in [0.5, 0.6) is 5.75 Å². The number of allylic oxidation sites excluding steroid dienone is 4. The molecule has 4 bridgehead atoms. The van der Waals surface area contributed by atoms with Crippen molar-refractivity contribution in [3.8, 4) is 16.9 Å². The van der Waals surface area contributed by atoms with Crippen molar-refractivity contribution in [3.63, 3.8) is 0 Å². The first-order valence-corrected chi connectivity index (χ1v) is 22.9. The molecule has 0 aliphatic heterocycles. The zero-order chi connectivity index (χ0) is 41.9. The van der Waals surface area contributed by atoms with Gasteiger partial charge in [-0.3, -0.25) is 4.79 Å². The van der Waals surface area contributed by atoms with Crippen LogP contribution < -0.4 is 10.1 Å². The van der Waals surface area contributed by atoms with Crippen LogP contribution in [-0.2, 0) is 0 Å². The van der Waals surface area contributed by atoms with E-state index < -0.39 is 27.9 Å². The molecule has 316 valence electrons. The quantitative estimate of drug-likeness (QED) is 0.148. The van der Waals surface area contributed by atoms with E-state index in [2.05, 4.69) is 75.5 Å². The number of ether oxygens (including phenoxy) is 1. The summed E-state index contributed by atoms with van der Waals surface area (Å²) in [4.78, 5) is 31.8. The molecule has 0 saturated heterocycles. The molecule has 9 aliphatic carbocycles. The number of ketones is 1. The number of aliphatic hydroxyl groups excluding tert-OH is 1. The molecule has 7 nitrogen and oxygen atoms in total. The minimum absolute atomic E-state index is 0.00160. The Balaban J connectivity index is 1.01. The van der Waals surface area contributed by atoms with Crippen molar-refractivity contribution in [2.24, 2.45) is 56.7 Å². The summed E-state index contributed by atoms with van der Waals surface area (Å²) in [6.07, 6.45) is 15.5. The monoisotopic (exact) mass is 808 g/mol. The standard InChI is InChI=1S/C53H64N2O5/c1-48(2)38-16-15-37(42(48)29-38)32-55(47(58)54-39-17-19-41(60-5)20-18-39)33-52(59)26-23-45-50(52,4)25-22-44-49(3)24-21-40(56)30-51(49)27-28-53(44,45)43(31-51)46(57)36-13-11-35(12-14-36)34-9-7-6-8-10-34/h6-14,17-20,27-28,31,37-38,40,42,44-45,56,59H,15-16,21-26,29-30,32-33H2,1-5H3,(H,54,58). The van der Waals surface area contributed by atoms with Crippen molar-refractivity contribution in [2.45, 2.75) is 104 Å². The number of nitrogens with one attached hydrogen (secondary N) is 1. The van der Waals surface area contributed by atoms with Crippen molar-refractivity contribution in [1.29, 1.82) is 0 Å². The van der Waals surface area contributed by atoms with Crippen LogP contribution in [0, 0.1) is 56.7 Å². The average molecular weight is 809 g/mol. The lowest BCUT2D eigenvalue weighted by Gasteiger charge is -2.71. The highest BCUT2D eigenvalue weighted by Gasteiger charge is 2.74. The molecule has 3 N–H and O–H groups in total. The summed E-state index contributed by atoms with van der Waals surface area (Å²) in [6.45, 7) is 10.4. The van der Waals surface area contributed by atoms with Crippen LogP contribution in [0.2, 0.25) is 0 Å². The van der Waals surface area contributed by atoms with Gasteiger partial charge in [-0.25, -0.2) is 4.79 Å². The Bertz CT molecular complexity index is 2230. The lowest BCUT2D eigenvalue weighted by Crippen LogP contribution is -2.67. The van der Waals surface area contributed by atoms with Crippen molar-refractivity contribution in [3.05, 3.63) is 108 Å². The van der Waals surface area contributed by atoms with Gasteiger partial charge in [-0.2, -0.15) is 0 Å². The molecule has 60 heavy (non-hydrogen) atoms. The number of fused-ring (bicyclic) bond motifs is 3. The minimum atomic E-state index is -1.16. The van der Waals surface area contributed by atoms with Crippen LogP contribution in [0.4, 0.5) is 10.5 Å². The SMILES string of the molecule is COc1ccc(NC(=O)N(CC2CCC3CC2C3(C)C)CC2(O)CCC3C45C=CC6(C=C4C(=O)c4ccc(-c7ccccc7)cc4)CC(O)CCC6(C)C5CCC32C)cc1. The second-order valence-electron chi connectivity index (χ2n) is 21.3. The van der Waals surface area contributed by atoms with Crippen LogP contribution in [0.15, 0.2) is 103 Å². The number of methoxy groups -OCH3 is 1. The normalized spacial score (nSPS) is 39.0. The van der Waals surface area contributed by atoms with Gasteiger partial charge in [0.1, 0.15) is 5.75 Å². The summed E-state index contributed by atoms with van der Waals surface area (Å²) >= 11 is 0. The van der Waals surface area contributed by atoms with E-state index in [0.29, 0.717) is 42.5 Å². The fourth-order valence-corrected chi connectivity index (χ4v) is 15.1. The summed E-state index contributed by atoms with van der Waals surface area (Å²) in [5, 5.41) is 27.8. The lowest BCUT2D eigenvalue weighted by molar-refractivity contribution is -0.176. The summed E-state index contributed by atoms with van der Waals surface area (Å²) in [7, 11) is 1.64. The second-order valence-corrected chi connectivity index (χ2v) is 21.3. The Morgan fingerprint density at radius 3 is 2.18 bits per heavy atom. The molecule has 2 amide bonds. The summed E-state index contributed by atoms with van der Waals surface area (Å²) < 4.78 is 5.39. The van der Waals surface area contributed by atoms with Crippen molar-refractivity contribution >= 4 is 17.5 Å². The van der Waals surface area contributed by atoms with Gasteiger partial charge >= 0.3 is 6.03 Å². The number of benzene rings is 3. The molecular weight excluding hydrogens is 745 g/mol. The fourth-order valence-electron chi connectivity index (χ4n) is 15.1. The van der Waals surface area contributed by atoms with E-state index in [-0.39, 0.29) is 41.0 Å². The molecule has 3 aromatic carbocycles. The number of amides is 2. The van der Waals surface area contributed by atoms with E-state index in [4.69, 9.17) is 4.74 Å². The molecule has 12 rings (SSSR count). The van der Waals surface area contributed by atoms with E-state index in [1.807, 2.05) is 59.5 Å². The van der Waals surface area contributed by atoms with Gasteiger partial charge in [-0.05, 0) is 140 Å². The van der Waals surface area contributed by atoms with Gasteiger partial charge < -0.3 is 25.2 Å². The number of aliphatic hydroxyl groups is 2. The number of carbonyl (C=O) groups excluding carboxylic acids is 2. The van der Waals surface area contributed by atoms with Crippen LogP contribution >= 0.6 is 0 Å². The highest BCUT2D eigenvalue weighted by molar-refractivity contribution is 6.10. The third-order valence-electron chi connectivity index (χ3n) is 18.7. The molecule has 0 aromatic heterocycles. The minimum Gasteiger partial charge on any atom is -0.497 e. The maximum atomic E-state index is 15.3. The maximum absolute atomic E-state index is 15.3. The number of rotatable bonds is 9. The summed E-state index contributed by atoms with van der Waals surface area (Å²) in [6, 6.07) is 25.7. The number of urea groups is 1. The Hall–Kier alpha value is -4.20. The molecule has 0 heterocycles. The Morgan fingerprint density at radius 2 is 1.48 bits per heavy atom. The number of nitrogens with zero attached hydrogens (tertiary/aromatic N) is 1. The predicted molar refractivity (Wildman–Crippen MR) is 236 cm³/mol. The second kappa shape index (κ2) is 13.9. The first-order valence-electron chi connectivity index (χ1n) is 22.9. The van der Waals surface area contributed by atoms with Gasteiger partial charge in [0.25, 0.3) is 0 Å². The van der Waals surface area contributed by atoms with Crippen LogP contribution in [-0.4, -0.2) is 58.8 Å². The first-order chi connectivity index (χ1) is 28.7. The fraction of sp³-hybridized carbons (Fsp3) is 0.547. The highest BCUT2D eigenvalue weighted by Crippen LogP contribution is 2.78. The molecule has 11 atom stereocenters. The van der Waals surface area contributed by atoms with Crippen molar-refractivity contribution in [1.82, 2.24) is 4.90 Å². The molecule has 11 unspecified atom stereocenters. The topological polar surface area (TPSA) is 99.1 Å². The molecule has 3 aromatic rings. The maximum Gasteiger partial charge on any atom is 0.321 e. The van der Waals surface area contributed by atoms with E-state index in [1.54, 1.807) is 7.11 Å². The molecule has 7 heteroatoms. The molecule has 6 saturated carbocycles. The zero-order valence-electron chi connectivity index (χ0n) is 36.3. The summed E-state index contributed by atoms with van der Waals surface area (Å²) in [5.41, 5.74) is 1.88. The first kappa shape index (κ1) is 39.9. The highest BCUT2D eigenvalue weighted by atomic mass is 16.5.